The molecule has 0 amide bonds. The van der Waals surface area contributed by atoms with Gasteiger partial charge in [0.05, 0.1) is 24.3 Å². The molecular weight excluding hydrogens is 536 g/mol. The van der Waals surface area contributed by atoms with Crippen LogP contribution in [0.5, 0.6) is 0 Å². The second-order valence-corrected chi connectivity index (χ2v) is 7.65. The molecule has 0 atom stereocenters. The molecule has 0 aliphatic rings. The molecular formula is C24H14F8O6. The van der Waals surface area contributed by atoms with Gasteiger partial charge in [-0.15, -0.1) is 0 Å². The number of halogens is 8. The first-order valence-corrected chi connectivity index (χ1v) is 10.1. The van der Waals surface area contributed by atoms with E-state index < -0.39 is 116 Å². The zero-order valence-corrected chi connectivity index (χ0v) is 19.1. The minimum Gasteiger partial charge on any atom is -0.477 e. The Kier molecular flexibility index (Phi) is 8.07. The van der Waals surface area contributed by atoms with Crippen LogP contribution in [0.1, 0.15) is 31.8 Å². The average Bonchev–Trinajstić information content (AvgIpc) is 2.84. The topological polar surface area (TPSA) is 93.1 Å². The van der Waals surface area contributed by atoms with Crippen LogP contribution in [0.4, 0.5) is 35.1 Å². The molecule has 38 heavy (non-hydrogen) atoms. The Labute approximate surface area is 207 Å². The van der Waals surface area contributed by atoms with Gasteiger partial charge in [0.2, 0.25) is 0 Å². The monoisotopic (exact) mass is 550 g/mol. The van der Waals surface area contributed by atoms with Gasteiger partial charge in [-0.2, -0.15) is 0 Å². The molecule has 14 heteroatoms. The molecule has 0 unspecified atom stereocenters. The van der Waals surface area contributed by atoms with Gasteiger partial charge in [0.1, 0.15) is 11.1 Å². The molecule has 2 N–H and O–H groups in total. The minimum absolute atomic E-state index is 0.427. The van der Waals surface area contributed by atoms with Crippen molar-refractivity contribution in [2.75, 3.05) is 14.2 Å². The summed E-state index contributed by atoms with van der Waals surface area (Å²) in [4.78, 5) is 22.1. The third kappa shape index (κ3) is 4.56. The van der Waals surface area contributed by atoms with Crippen LogP contribution in [-0.2, 0) is 22.7 Å². The first-order chi connectivity index (χ1) is 17.8. The van der Waals surface area contributed by atoms with E-state index in [9.17, 15) is 44.7 Å². The Bertz CT molecular complexity index is 1320. The highest BCUT2D eigenvalue weighted by molar-refractivity contribution is 5.91. The van der Waals surface area contributed by atoms with Gasteiger partial charge in [-0.3, -0.25) is 0 Å². The van der Waals surface area contributed by atoms with Crippen LogP contribution in [0.25, 0.3) is 22.3 Å². The number of aromatic carboxylic acids is 2. The number of benzene rings is 3. The second-order valence-electron chi connectivity index (χ2n) is 7.65. The zero-order chi connectivity index (χ0) is 28.6. The zero-order valence-electron chi connectivity index (χ0n) is 19.1. The van der Waals surface area contributed by atoms with E-state index in [4.69, 9.17) is 19.7 Å². The molecule has 0 saturated heterocycles. The molecule has 0 aliphatic heterocycles. The summed E-state index contributed by atoms with van der Waals surface area (Å²) in [5.74, 6) is -22.1. The Morgan fingerprint density at radius 1 is 0.579 bits per heavy atom. The van der Waals surface area contributed by atoms with Crippen molar-refractivity contribution in [3.05, 3.63) is 80.9 Å². The fraction of sp³-hybridized carbons (Fsp3) is 0.167. The number of carbonyl (C=O) groups is 2. The van der Waals surface area contributed by atoms with E-state index in [-0.39, 0.29) is 0 Å². The average molecular weight is 550 g/mol. The smallest absolute Gasteiger partial charge is 0.341 e. The lowest BCUT2D eigenvalue weighted by Crippen LogP contribution is -2.13. The quantitative estimate of drug-likeness (QED) is 0.271. The summed E-state index contributed by atoms with van der Waals surface area (Å²) >= 11 is 0. The number of carboxylic acid groups (broad SMARTS) is 2. The fourth-order valence-electron chi connectivity index (χ4n) is 3.82. The van der Waals surface area contributed by atoms with E-state index in [0.29, 0.717) is 0 Å². The first kappa shape index (κ1) is 28.5. The summed E-state index contributed by atoms with van der Waals surface area (Å²) in [6.45, 7) is -1.31. The van der Waals surface area contributed by atoms with Crippen molar-refractivity contribution in [2.24, 2.45) is 0 Å². The molecule has 3 aromatic rings. The molecule has 0 heterocycles. The van der Waals surface area contributed by atoms with E-state index >= 15 is 0 Å². The molecule has 6 nitrogen and oxygen atoms in total. The van der Waals surface area contributed by atoms with Gasteiger partial charge in [-0.25, -0.2) is 44.7 Å². The van der Waals surface area contributed by atoms with Crippen LogP contribution in [-0.4, -0.2) is 36.4 Å². The largest absolute Gasteiger partial charge is 0.477 e. The summed E-state index contributed by atoms with van der Waals surface area (Å²) in [5.41, 5.74) is -8.89. The molecule has 0 radical (unpaired) electrons. The third-order valence-electron chi connectivity index (χ3n) is 5.42. The van der Waals surface area contributed by atoms with E-state index in [1.807, 2.05) is 0 Å². The highest BCUT2D eigenvalue weighted by atomic mass is 19.2. The van der Waals surface area contributed by atoms with Gasteiger partial charge >= 0.3 is 11.9 Å². The molecule has 3 rings (SSSR count). The highest BCUT2D eigenvalue weighted by Crippen LogP contribution is 2.40. The van der Waals surface area contributed by atoms with Crippen molar-refractivity contribution >= 4 is 11.9 Å². The van der Waals surface area contributed by atoms with Crippen molar-refractivity contribution in [3.63, 3.8) is 0 Å². The van der Waals surface area contributed by atoms with Crippen LogP contribution >= 0.6 is 0 Å². The SMILES string of the molecule is COCc1cc(-c2c(F)c(F)c(C(=O)O)c(F)c2F)c(COC)cc1-c1c(F)c(F)c(C(=O)O)c(F)c1F. The number of rotatable bonds is 8. The molecule has 0 saturated carbocycles. The number of ether oxygens (including phenoxy) is 2. The van der Waals surface area contributed by atoms with Crippen molar-refractivity contribution in [3.8, 4) is 22.3 Å². The lowest BCUT2D eigenvalue weighted by molar-refractivity contribution is 0.0672. The molecule has 0 spiro atoms. The van der Waals surface area contributed by atoms with Crippen molar-refractivity contribution < 1.29 is 64.4 Å². The summed E-state index contributed by atoms with van der Waals surface area (Å²) in [6.07, 6.45) is 0. The van der Waals surface area contributed by atoms with E-state index in [1.165, 1.54) is 0 Å². The Hall–Kier alpha value is -4.04. The summed E-state index contributed by atoms with van der Waals surface area (Å²) < 4.78 is 127. The predicted molar refractivity (Wildman–Crippen MR) is 112 cm³/mol. The maximum Gasteiger partial charge on any atom is 0.341 e. The minimum atomic E-state index is -2.31. The van der Waals surface area contributed by atoms with Crippen LogP contribution in [0.15, 0.2) is 12.1 Å². The third-order valence-corrected chi connectivity index (χ3v) is 5.42. The van der Waals surface area contributed by atoms with Gasteiger partial charge < -0.3 is 19.7 Å². The molecule has 0 aromatic heterocycles. The maximum atomic E-state index is 14.9. The van der Waals surface area contributed by atoms with E-state index in [1.54, 1.807) is 0 Å². The van der Waals surface area contributed by atoms with E-state index in [2.05, 4.69) is 0 Å². The Balaban J connectivity index is 2.48. The van der Waals surface area contributed by atoms with Gasteiger partial charge in [0, 0.05) is 14.2 Å². The van der Waals surface area contributed by atoms with Gasteiger partial charge in [-0.1, -0.05) is 0 Å². The lowest BCUT2D eigenvalue weighted by Gasteiger charge is -2.19. The van der Waals surface area contributed by atoms with Gasteiger partial charge in [-0.05, 0) is 34.4 Å². The van der Waals surface area contributed by atoms with Crippen molar-refractivity contribution in [2.45, 2.75) is 13.2 Å². The summed E-state index contributed by atoms with van der Waals surface area (Å²) in [5, 5.41) is 17.8. The fourth-order valence-corrected chi connectivity index (χ4v) is 3.82. The normalized spacial score (nSPS) is 11.2. The summed E-state index contributed by atoms with van der Waals surface area (Å²) in [6, 6.07) is 1.46. The lowest BCUT2D eigenvalue weighted by atomic mass is 9.89. The molecule has 0 aliphatic carbocycles. The van der Waals surface area contributed by atoms with Crippen LogP contribution < -0.4 is 0 Å². The van der Waals surface area contributed by atoms with Crippen LogP contribution in [0.3, 0.4) is 0 Å². The van der Waals surface area contributed by atoms with Crippen LogP contribution in [0, 0.1) is 46.5 Å². The van der Waals surface area contributed by atoms with E-state index in [0.717, 1.165) is 26.4 Å². The number of hydrogen-bond acceptors (Lipinski definition) is 4. The number of methoxy groups -OCH3 is 2. The molecule has 0 bridgehead atoms. The van der Waals surface area contributed by atoms with Gasteiger partial charge in [0.25, 0.3) is 0 Å². The number of hydrogen-bond donors (Lipinski definition) is 2. The first-order valence-electron chi connectivity index (χ1n) is 10.1. The maximum absolute atomic E-state index is 14.9. The highest BCUT2D eigenvalue weighted by Gasteiger charge is 2.34. The van der Waals surface area contributed by atoms with Crippen molar-refractivity contribution in [1.29, 1.82) is 0 Å². The second kappa shape index (κ2) is 10.8. The Morgan fingerprint density at radius 3 is 1.05 bits per heavy atom. The van der Waals surface area contributed by atoms with Gasteiger partial charge in [0.15, 0.2) is 46.5 Å². The van der Waals surface area contributed by atoms with Crippen molar-refractivity contribution in [1.82, 2.24) is 0 Å². The number of carboxylic acids is 2. The predicted octanol–water partition coefficient (Wildman–Crippen LogP) is 5.82. The molecule has 3 aromatic carbocycles. The standard InChI is InChI=1S/C24H14F8O6/c1-37-5-7-3-10(12-17(27)21(31)14(24(35)36)22(32)18(12)28)8(6-38-2)4-9(7)11-15(25)19(29)13(23(33)34)20(30)16(11)26/h3-4H,5-6H2,1-2H3,(H,33,34)(H,35,36). The summed E-state index contributed by atoms with van der Waals surface area (Å²) in [7, 11) is 2.10. The molecule has 0 fully saturated rings. The Morgan fingerprint density at radius 2 is 0.842 bits per heavy atom. The molecule has 202 valence electrons. The van der Waals surface area contributed by atoms with Crippen LogP contribution in [0.2, 0.25) is 0 Å².